The molecule has 1 aromatic carbocycles. The Labute approximate surface area is 166 Å². The lowest BCUT2D eigenvalue weighted by Crippen LogP contribution is -2.12. The molecule has 0 amide bonds. The number of nitrogens with one attached hydrogen (secondary N) is 1. The minimum absolute atomic E-state index is 0.231. The highest BCUT2D eigenvalue weighted by atomic mass is 19.4. The first-order valence-corrected chi connectivity index (χ1v) is 9.47. The Balaban J connectivity index is 1.68. The van der Waals surface area contributed by atoms with E-state index >= 15 is 0 Å². The van der Waals surface area contributed by atoms with E-state index < -0.39 is 11.7 Å². The van der Waals surface area contributed by atoms with E-state index in [1.165, 1.54) is 6.07 Å². The third kappa shape index (κ3) is 4.17. The summed E-state index contributed by atoms with van der Waals surface area (Å²) in [4.78, 5) is 13.5. The summed E-state index contributed by atoms with van der Waals surface area (Å²) in [7, 11) is 0. The van der Waals surface area contributed by atoms with Crippen molar-refractivity contribution in [2.24, 2.45) is 0 Å². The van der Waals surface area contributed by atoms with E-state index in [0.29, 0.717) is 35.9 Å². The molecule has 1 aliphatic heterocycles. The molecule has 0 bridgehead atoms. The van der Waals surface area contributed by atoms with Gasteiger partial charge < -0.3 is 10.1 Å². The quantitative estimate of drug-likeness (QED) is 0.663. The molecule has 0 aliphatic carbocycles. The average Bonchev–Trinajstić information content (AvgIpc) is 3.22. The third-order valence-corrected chi connectivity index (χ3v) is 5.13. The van der Waals surface area contributed by atoms with Crippen molar-refractivity contribution in [2.75, 3.05) is 18.5 Å². The second kappa shape index (κ2) is 7.59. The molecule has 1 unspecified atom stereocenters. The van der Waals surface area contributed by atoms with E-state index in [9.17, 15) is 13.2 Å². The molecule has 3 heterocycles. The van der Waals surface area contributed by atoms with Crippen molar-refractivity contribution < 1.29 is 17.9 Å². The normalized spacial score (nSPS) is 18.2. The highest BCUT2D eigenvalue weighted by Gasteiger charge is 2.30. The largest absolute Gasteiger partial charge is 0.416 e. The summed E-state index contributed by atoms with van der Waals surface area (Å²) < 4.78 is 44.6. The van der Waals surface area contributed by atoms with Gasteiger partial charge in [-0.1, -0.05) is 12.1 Å². The highest BCUT2D eigenvalue weighted by Crippen LogP contribution is 2.33. The molecule has 2 atom stereocenters. The van der Waals surface area contributed by atoms with Gasteiger partial charge in [0.05, 0.1) is 23.9 Å². The van der Waals surface area contributed by atoms with Crippen LogP contribution in [-0.2, 0) is 10.9 Å². The Hall–Kier alpha value is -2.74. The van der Waals surface area contributed by atoms with Gasteiger partial charge in [0.1, 0.15) is 11.6 Å². The molecule has 29 heavy (non-hydrogen) atoms. The van der Waals surface area contributed by atoms with Crippen molar-refractivity contribution in [3.05, 3.63) is 59.2 Å². The van der Waals surface area contributed by atoms with Gasteiger partial charge in [-0.15, -0.1) is 0 Å². The van der Waals surface area contributed by atoms with Crippen LogP contribution in [0.3, 0.4) is 0 Å². The van der Waals surface area contributed by atoms with Crippen molar-refractivity contribution in [2.45, 2.75) is 38.4 Å². The van der Waals surface area contributed by atoms with Gasteiger partial charge in [0.25, 0.3) is 0 Å². The molecule has 0 radical (unpaired) electrons. The first-order chi connectivity index (χ1) is 13.8. The lowest BCUT2D eigenvalue weighted by molar-refractivity contribution is -0.137. The van der Waals surface area contributed by atoms with E-state index in [2.05, 4.69) is 20.3 Å². The molecule has 1 N–H and O–H groups in total. The molecule has 1 aliphatic rings. The number of rotatable bonds is 4. The fraction of sp³-hybridized carbons (Fsp3) is 0.381. The topological polar surface area (TPSA) is 59.9 Å². The number of benzene rings is 1. The van der Waals surface area contributed by atoms with Gasteiger partial charge in [-0.25, -0.2) is 9.97 Å². The van der Waals surface area contributed by atoms with Crippen LogP contribution in [0.25, 0.3) is 10.9 Å². The Morgan fingerprint density at radius 3 is 2.76 bits per heavy atom. The van der Waals surface area contributed by atoms with E-state index in [4.69, 9.17) is 4.74 Å². The maximum Gasteiger partial charge on any atom is 0.416 e. The summed E-state index contributed by atoms with van der Waals surface area (Å²) in [6.07, 6.45) is -1.75. The van der Waals surface area contributed by atoms with E-state index in [0.717, 1.165) is 29.6 Å². The van der Waals surface area contributed by atoms with Crippen molar-refractivity contribution in [1.82, 2.24) is 15.0 Å². The first-order valence-electron chi connectivity index (χ1n) is 9.47. The summed E-state index contributed by atoms with van der Waals surface area (Å²) in [5, 5.41) is 4.06. The summed E-state index contributed by atoms with van der Waals surface area (Å²) in [6.45, 7) is 4.94. The number of halogens is 3. The SMILES string of the molecule is Cc1nc(N[C@H](C)c2cccc(C(F)(F)F)c2)c2cc(C3CCOC3)ncc2n1. The van der Waals surface area contributed by atoms with E-state index in [1.807, 2.05) is 13.0 Å². The molecule has 8 heteroatoms. The van der Waals surface area contributed by atoms with Gasteiger partial charge in [-0.3, -0.25) is 4.98 Å². The predicted octanol–water partition coefficient (Wildman–Crippen LogP) is 5.03. The molecule has 0 saturated carbocycles. The standard InChI is InChI=1S/C21H21F3N4O/c1-12(14-4-3-5-16(8-14)21(22,23)24)26-20-17-9-18(15-6-7-29-11-15)25-10-19(17)27-13(2)28-20/h3-5,8-10,12,15H,6-7,11H2,1-2H3,(H,26,27,28)/t12-,15?/m1/s1. The molecule has 4 rings (SSSR count). The highest BCUT2D eigenvalue weighted by molar-refractivity contribution is 5.89. The number of fused-ring (bicyclic) bond motifs is 1. The molecular weight excluding hydrogens is 381 g/mol. The van der Waals surface area contributed by atoms with Gasteiger partial charge >= 0.3 is 6.18 Å². The molecule has 1 fully saturated rings. The van der Waals surface area contributed by atoms with E-state index in [1.54, 1.807) is 19.2 Å². The van der Waals surface area contributed by atoms with E-state index in [-0.39, 0.29) is 12.0 Å². The van der Waals surface area contributed by atoms with Gasteiger partial charge in [0, 0.05) is 29.6 Å². The van der Waals surface area contributed by atoms with Gasteiger partial charge in [-0.05, 0) is 44.0 Å². The zero-order chi connectivity index (χ0) is 20.6. The molecule has 0 spiro atoms. The number of aryl methyl sites for hydroxylation is 1. The Morgan fingerprint density at radius 1 is 1.21 bits per heavy atom. The van der Waals surface area contributed by atoms with Crippen LogP contribution in [0.1, 0.15) is 47.9 Å². The lowest BCUT2D eigenvalue weighted by atomic mass is 10.0. The molecule has 2 aromatic heterocycles. The fourth-order valence-electron chi connectivity index (χ4n) is 3.54. The van der Waals surface area contributed by atoms with Gasteiger partial charge in [0.2, 0.25) is 0 Å². The van der Waals surface area contributed by atoms with Crippen molar-refractivity contribution in [3.8, 4) is 0 Å². The number of ether oxygens (including phenoxy) is 1. The third-order valence-electron chi connectivity index (χ3n) is 5.13. The Kier molecular flexibility index (Phi) is 5.12. The molecular formula is C21H21F3N4O. The monoisotopic (exact) mass is 402 g/mol. The van der Waals surface area contributed by atoms with Crippen molar-refractivity contribution in [3.63, 3.8) is 0 Å². The van der Waals surface area contributed by atoms with Crippen LogP contribution >= 0.6 is 0 Å². The van der Waals surface area contributed by atoms with Crippen LogP contribution < -0.4 is 5.32 Å². The summed E-state index contributed by atoms with van der Waals surface area (Å²) in [6, 6.07) is 6.91. The predicted molar refractivity (Wildman–Crippen MR) is 104 cm³/mol. The number of alkyl halides is 3. The second-order valence-electron chi connectivity index (χ2n) is 7.30. The Morgan fingerprint density at radius 2 is 2.03 bits per heavy atom. The number of hydrogen-bond acceptors (Lipinski definition) is 5. The maximum absolute atomic E-state index is 13.1. The summed E-state index contributed by atoms with van der Waals surface area (Å²) in [5.41, 5.74) is 1.47. The van der Waals surface area contributed by atoms with Crippen molar-refractivity contribution in [1.29, 1.82) is 0 Å². The molecule has 1 saturated heterocycles. The number of hydrogen-bond donors (Lipinski definition) is 1. The average molecular weight is 402 g/mol. The first kappa shape index (κ1) is 19.6. The molecule has 3 aromatic rings. The number of pyridine rings is 1. The minimum atomic E-state index is -4.38. The Bertz CT molecular complexity index is 1030. The van der Waals surface area contributed by atoms with Crippen LogP contribution in [0.15, 0.2) is 36.5 Å². The van der Waals surface area contributed by atoms with Crippen LogP contribution in [0.5, 0.6) is 0 Å². The van der Waals surface area contributed by atoms with Gasteiger partial charge in [-0.2, -0.15) is 13.2 Å². The van der Waals surface area contributed by atoms with Gasteiger partial charge in [0.15, 0.2) is 0 Å². The zero-order valence-corrected chi connectivity index (χ0v) is 16.1. The second-order valence-corrected chi connectivity index (χ2v) is 7.30. The molecule has 5 nitrogen and oxygen atoms in total. The van der Waals surface area contributed by atoms with Crippen molar-refractivity contribution >= 4 is 16.7 Å². The number of anilines is 1. The van der Waals surface area contributed by atoms with Crippen LogP contribution in [0, 0.1) is 6.92 Å². The van der Waals surface area contributed by atoms with Crippen LogP contribution in [0.2, 0.25) is 0 Å². The maximum atomic E-state index is 13.1. The number of nitrogens with zero attached hydrogens (tertiary/aromatic N) is 3. The molecule has 152 valence electrons. The fourth-order valence-corrected chi connectivity index (χ4v) is 3.54. The zero-order valence-electron chi connectivity index (χ0n) is 16.1. The minimum Gasteiger partial charge on any atom is -0.381 e. The van der Waals surface area contributed by atoms with Crippen LogP contribution in [-0.4, -0.2) is 28.2 Å². The van der Waals surface area contributed by atoms with Crippen LogP contribution in [0.4, 0.5) is 19.0 Å². The lowest BCUT2D eigenvalue weighted by Gasteiger charge is -2.18. The summed E-state index contributed by atoms with van der Waals surface area (Å²) >= 11 is 0. The number of aromatic nitrogens is 3. The smallest absolute Gasteiger partial charge is 0.381 e. The summed E-state index contributed by atoms with van der Waals surface area (Å²) in [5.74, 6) is 1.38.